The summed E-state index contributed by atoms with van der Waals surface area (Å²) in [5.41, 5.74) is 5.30. The minimum absolute atomic E-state index is 0.0417. The zero-order chi connectivity index (χ0) is 9.14. The smallest absolute Gasteiger partial charge is 0.131 e. The summed E-state index contributed by atoms with van der Waals surface area (Å²) in [5, 5.41) is 17.8. The monoisotopic (exact) mass is 171 g/mol. The second kappa shape index (κ2) is 3.51. The summed E-state index contributed by atoms with van der Waals surface area (Å²) in [5.74, 6) is -0.826. The molecule has 0 amide bonds. The number of benzene rings is 1. The minimum atomic E-state index is -0.869. The van der Waals surface area contributed by atoms with E-state index in [4.69, 9.17) is 15.9 Å². The highest BCUT2D eigenvalue weighted by molar-refractivity contribution is 5.35. The Morgan fingerprint density at radius 2 is 2.17 bits per heavy atom. The van der Waals surface area contributed by atoms with Gasteiger partial charge >= 0.3 is 0 Å². The maximum absolute atomic E-state index is 12.9. The Balaban J connectivity index is 3.12. The zero-order valence-corrected chi connectivity index (χ0v) is 6.37. The Bertz CT molecular complexity index is 258. The van der Waals surface area contributed by atoms with Crippen LogP contribution in [0.2, 0.25) is 0 Å². The molecule has 4 heteroatoms. The maximum atomic E-state index is 12.9. The molecule has 1 rings (SSSR count). The topological polar surface area (TPSA) is 66.5 Å². The number of aliphatic hydroxyl groups excluding tert-OH is 1. The van der Waals surface area contributed by atoms with E-state index in [1.54, 1.807) is 0 Å². The van der Waals surface area contributed by atoms with Crippen LogP contribution in [0.1, 0.15) is 11.6 Å². The summed E-state index contributed by atoms with van der Waals surface area (Å²) in [6.07, 6.45) is 0. The van der Waals surface area contributed by atoms with Crippen molar-refractivity contribution in [3.8, 4) is 5.75 Å². The lowest BCUT2D eigenvalue weighted by atomic mass is 10.1. The van der Waals surface area contributed by atoms with E-state index in [-0.39, 0.29) is 11.3 Å². The van der Waals surface area contributed by atoms with Gasteiger partial charge in [0.15, 0.2) is 0 Å². The standard InChI is InChI=1S/C8H10FNO2/c9-5-2-1-3-7(12)8(5)6(10)4-11/h1-3,6,11-12H,4,10H2. The summed E-state index contributed by atoms with van der Waals surface area (Å²) in [7, 11) is 0. The van der Waals surface area contributed by atoms with Crippen molar-refractivity contribution in [2.45, 2.75) is 6.04 Å². The quantitative estimate of drug-likeness (QED) is 0.607. The van der Waals surface area contributed by atoms with Crippen LogP contribution in [0.5, 0.6) is 5.75 Å². The van der Waals surface area contributed by atoms with Gasteiger partial charge in [-0.3, -0.25) is 0 Å². The van der Waals surface area contributed by atoms with Crippen LogP contribution in [0.15, 0.2) is 18.2 Å². The lowest BCUT2D eigenvalue weighted by Crippen LogP contribution is -2.16. The molecular formula is C8H10FNO2. The van der Waals surface area contributed by atoms with Crippen molar-refractivity contribution >= 4 is 0 Å². The molecule has 0 saturated carbocycles. The number of aliphatic hydroxyl groups is 1. The van der Waals surface area contributed by atoms with Gasteiger partial charge in [0.1, 0.15) is 11.6 Å². The van der Waals surface area contributed by atoms with Gasteiger partial charge in [0, 0.05) is 5.56 Å². The third kappa shape index (κ3) is 1.54. The molecule has 66 valence electrons. The molecule has 12 heavy (non-hydrogen) atoms. The molecule has 4 N–H and O–H groups in total. The average Bonchev–Trinajstić information content (AvgIpc) is 2.03. The molecule has 1 atom stereocenters. The zero-order valence-electron chi connectivity index (χ0n) is 6.37. The van der Waals surface area contributed by atoms with Crippen LogP contribution in [0.3, 0.4) is 0 Å². The van der Waals surface area contributed by atoms with E-state index >= 15 is 0 Å². The first-order valence-electron chi connectivity index (χ1n) is 3.50. The van der Waals surface area contributed by atoms with E-state index in [9.17, 15) is 4.39 Å². The van der Waals surface area contributed by atoms with Gasteiger partial charge in [-0.1, -0.05) is 6.07 Å². The van der Waals surface area contributed by atoms with Crippen LogP contribution < -0.4 is 5.73 Å². The third-order valence-electron chi connectivity index (χ3n) is 1.60. The van der Waals surface area contributed by atoms with Gasteiger partial charge in [0.05, 0.1) is 12.6 Å². The molecule has 0 aromatic heterocycles. The molecule has 0 aliphatic heterocycles. The van der Waals surface area contributed by atoms with Crippen molar-refractivity contribution in [3.63, 3.8) is 0 Å². The average molecular weight is 171 g/mol. The Morgan fingerprint density at radius 1 is 1.50 bits per heavy atom. The fourth-order valence-electron chi connectivity index (χ4n) is 0.984. The number of halogens is 1. The third-order valence-corrected chi connectivity index (χ3v) is 1.60. The summed E-state index contributed by atoms with van der Waals surface area (Å²) < 4.78 is 12.9. The van der Waals surface area contributed by atoms with Crippen LogP contribution in [-0.4, -0.2) is 16.8 Å². The van der Waals surface area contributed by atoms with E-state index in [2.05, 4.69) is 0 Å². The maximum Gasteiger partial charge on any atom is 0.131 e. The van der Waals surface area contributed by atoms with E-state index in [1.807, 2.05) is 0 Å². The van der Waals surface area contributed by atoms with E-state index in [0.717, 1.165) is 0 Å². The van der Waals surface area contributed by atoms with Crippen LogP contribution in [0.4, 0.5) is 4.39 Å². The number of hydrogen-bond donors (Lipinski definition) is 3. The van der Waals surface area contributed by atoms with Crippen molar-refractivity contribution in [1.29, 1.82) is 0 Å². The highest BCUT2D eigenvalue weighted by Crippen LogP contribution is 2.24. The van der Waals surface area contributed by atoms with Gasteiger partial charge in [-0.15, -0.1) is 0 Å². The molecule has 0 fully saturated rings. The number of phenols is 1. The first-order valence-corrected chi connectivity index (χ1v) is 3.50. The van der Waals surface area contributed by atoms with Gasteiger partial charge in [-0.2, -0.15) is 0 Å². The molecule has 0 aliphatic carbocycles. The molecule has 1 aromatic carbocycles. The minimum Gasteiger partial charge on any atom is -0.507 e. The second-order valence-electron chi connectivity index (χ2n) is 2.46. The van der Waals surface area contributed by atoms with Gasteiger partial charge in [-0.05, 0) is 12.1 Å². The fraction of sp³-hybridized carbons (Fsp3) is 0.250. The molecule has 0 aliphatic rings. The molecule has 1 unspecified atom stereocenters. The second-order valence-corrected chi connectivity index (χ2v) is 2.46. The molecule has 0 saturated heterocycles. The molecule has 0 bridgehead atoms. The number of phenolic OH excluding ortho intramolecular Hbond substituents is 1. The predicted molar refractivity (Wildman–Crippen MR) is 42.1 cm³/mol. The van der Waals surface area contributed by atoms with Crippen molar-refractivity contribution < 1.29 is 14.6 Å². The lowest BCUT2D eigenvalue weighted by Gasteiger charge is -2.10. The van der Waals surface area contributed by atoms with Gasteiger partial charge < -0.3 is 15.9 Å². The summed E-state index contributed by atoms with van der Waals surface area (Å²) >= 11 is 0. The van der Waals surface area contributed by atoms with E-state index in [0.29, 0.717) is 0 Å². The number of aromatic hydroxyl groups is 1. The molecule has 0 heterocycles. The van der Waals surface area contributed by atoms with Crippen molar-refractivity contribution in [2.75, 3.05) is 6.61 Å². The summed E-state index contributed by atoms with van der Waals surface area (Å²) in [6, 6.07) is 3.02. The van der Waals surface area contributed by atoms with Crippen LogP contribution >= 0.6 is 0 Å². The van der Waals surface area contributed by atoms with Crippen LogP contribution in [0, 0.1) is 5.82 Å². The van der Waals surface area contributed by atoms with Crippen molar-refractivity contribution in [1.82, 2.24) is 0 Å². The Morgan fingerprint density at radius 3 is 2.67 bits per heavy atom. The first kappa shape index (κ1) is 8.96. The summed E-state index contributed by atoms with van der Waals surface area (Å²) in [4.78, 5) is 0. The Kier molecular flexibility index (Phi) is 2.62. The SMILES string of the molecule is NC(CO)c1c(O)cccc1F. The van der Waals surface area contributed by atoms with E-state index in [1.165, 1.54) is 18.2 Å². The van der Waals surface area contributed by atoms with Gasteiger partial charge in [-0.25, -0.2) is 4.39 Å². The number of hydrogen-bond acceptors (Lipinski definition) is 3. The van der Waals surface area contributed by atoms with Crippen molar-refractivity contribution in [2.24, 2.45) is 5.73 Å². The Labute approximate surface area is 69.3 Å². The van der Waals surface area contributed by atoms with Crippen molar-refractivity contribution in [3.05, 3.63) is 29.6 Å². The van der Waals surface area contributed by atoms with E-state index < -0.39 is 18.5 Å². The highest BCUT2D eigenvalue weighted by Gasteiger charge is 2.14. The summed E-state index contributed by atoms with van der Waals surface area (Å²) in [6.45, 7) is -0.394. The largest absolute Gasteiger partial charge is 0.507 e. The first-order chi connectivity index (χ1) is 5.66. The molecular weight excluding hydrogens is 161 g/mol. The predicted octanol–water partition coefficient (Wildman–Crippen LogP) is 0.523. The number of nitrogens with two attached hydrogens (primary N) is 1. The molecule has 1 aromatic rings. The molecule has 0 spiro atoms. The normalized spacial score (nSPS) is 12.9. The van der Waals surface area contributed by atoms with Gasteiger partial charge in [0.2, 0.25) is 0 Å². The van der Waals surface area contributed by atoms with Gasteiger partial charge in [0.25, 0.3) is 0 Å². The van der Waals surface area contributed by atoms with Crippen LogP contribution in [-0.2, 0) is 0 Å². The fourth-order valence-corrected chi connectivity index (χ4v) is 0.984. The number of rotatable bonds is 2. The Hall–Kier alpha value is -1.13. The molecule has 3 nitrogen and oxygen atoms in total. The van der Waals surface area contributed by atoms with Crippen LogP contribution in [0.25, 0.3) is 0 Å². The lowest BCUT2D eigenvalue weighted by molar-refractivity contribution is 0.262. The molecule has 0 radical (unpaired) electrons. The highest BCUT2D eigenvalue weighted by atomic mass is 19.1.